The molecule has 0 aromatic carbocycles. The molecule has 0 bridgehead atoms. The van der Waals surface area contributed by atoms with Crippen LogP contribution in [0.2, 0.25) is 0 Å². The molecule has 0 saturated carbocycles. The summed E-state index contributed by atoms with van der Waals surface area (Å²) in [5.41, 5.74) is 0.441. The lowest BCUT2D eigenvalue weighted by Gasteiger charge is -2.13. The maximum absolute atomic E-state index is 11.5. The Morgan fingerprint density at radius 3 is 2.89 bits per heavy atom. The minimum Gasteiger partial charge on any atom is -0.472 e. The number of rotatable bonds is 8. The second-order valence-corrected chi connectivity index (χ2v) is 4.35. The first-order valence-corrected chi connectivity index (χ1v) is 6.34. The lowest BCUT2D eigenvalue weighted by atomic mass is 10.2. The molecule has 0 aliphatic heterocycles. The molecule has 0 aliphatic rings. The molecule has 1 atom stereocenters. The normalized spacial score (nSPS) is 11.9. The van der Waals surface area contributed by atoms with Crippen molar-refractivity contribution >= 4 is 11.8 Å². The first-order chi connectivity index (χ1) is 9.13. The van der Waals surface area contributed by atoms with E-state index in [2.05, 4.69) is 10.6 Å². The number of carbonyl (C=O) groups excluding carboxylic acids is 2. The van der Waals surface area contributed by atoms with E-state index in [1.807, 2.05) is 6.92 Å². The van der Waals surface area contributed by atoms with E-state index in [9.17, 15) is 9.59 Å². The van der Waals surface area contributed by atoms with Crippen LogP contribution in [-0.4, -0.2) is 36.1 Å². The topological polar surface area (TPSA) is 91.6 Å². The third-order valence-electron chi connectivity index (χ3n) is 2.62. The van der Waals surface area contributed by atoms with E-state index in [1.165, 1.54) is 12.5 Å². The Balaban J connectivity index is 2.15. The number of aliphatic hydroxyl groups excluding tert-OH is 1. The van der Waals surface area contributed by atoms with E-state index < -0.39 is 0 Å². The largest absolute Gasteiger partial charge is 0.472 e. The smallest absolute Gasteiger partial charge is 0.254 e. The molecule has 19 heavy (non-hydrogen) atoms. The molecule has 1 aromatic heterocycles. The van der Waals surface area contributed by atoms with E-state index in [-0.39, 0.29) is 37.4 Å². The molecule has 1 unspecified atom stereocenters. The average Bonchev–Trinajstić information content (AvgIpc) is 2.90. The Morgan fingerprint density at radius 2 is 2.26 bits per heavy atom. The minimum absolute atomic E-state index is 0.0317. The highest BCUT2D eigenvalue weighted by atomic mass is 16.3. The zero-order valence-electron chi connectivity index (χ0n) is 11.0. The molecule has 2 amide bonds. The fourth-order valence-electron chi connectivity index (χ4n) is 1.60. The Labute approximate surface area is 112 Å². The Hall–Kier alpha value is -1.82. The second kappa shape index (κ2) is 8.31. The molecule has 6 nitrogen and oxygen atoms in total. The van der Waals surface area contributed by atoms with Crippen LogP contribution in [-0.2, 0) is 4.79 Å². The fourth-order valence-corrected chi connectivity index (χ4v) is 1.60. The van der Waals surface area contributed by atoms with Crippen LogP contribution in [0.5, 0.6) is 0 Å². The zero-order valence-corrected chi connectivity index (χ0v) is 11.0. The zero-order chi connectivity index (χ0) is 14.1. The lowest BCUT2D eigenvalue weighted by Crippen LogP contribution is -2.35. The summed E-state index contributed by atoms with van der Waals surface area (Å²) < 4.78 is 4.79. The number of carbonyl (C=O) groups is 2. The summed E-state index contributed by atoms with van der Waals surface area (Å²) in [5, 5.41) is 14.1. The Kier molecular flexibility index (Phi) is 6.67. The van der Waals surface area contributed by atoms with Crippen molar-refractivity contribution in [3.8, 4) is 0 Å². The molecular formula is C13H20N2O4. The summed E-state index contributed by atoms with van der Waals surface area (Å²) in [6, 6.07) is 1.59. The third kappa shape index (κ3) is 6.05. The predicted molar refractivity (Wildman–Crippen MR) is 69.6 cm³/mol. The van der Waals surface area contributed by atoms with E-state index in [0.29, 0.717) is 12.0 Å². The van der Waals surface area contributed by atoms with Gasteiger partial charge in [-0.25, -0.2) is 0 Å². The minimum atomic E-state index is -0.255. The number of amides is 2. The van der Waals surface area contributed by atoms with Gasteiger partial charge >= 0.3 is 0 Å². The molecule has 0 fully saturated rings. The van der Waals surface area contributed by atoms with E-state index >= 15 is 0 Å². The molecule has 0 saturated heterocycles. The van der Waals surface area contributed by atoms with Crippen LogP contribution in [0.1, 0.15) is 36.5 Å². The van der Waals surface area contributed by atoms with Crippen LogP contribution in [0.4, 0.5) is 0 Å². The van der Waals surface area contributed by atoms with E-state index in [1.54, 1.807) is 6.07 Å². The van der Waals surface area contributed by atoms with Gasteiger partial charge in [0, 0.05) is 25.6 Å². The van der Waals surface area contributed by atoms with Crippen molar-refractivity contribution in [2.75, 3.05) is 13.2 Å². The first kappa shape index (κ1) is 15.2. The van der Waals surface area contributed by atoms with Crippen molar-refractivity contribution in [3.05, 3.63) is 24.2 Å². The summed E-state index contributed by atoms with van der Waals surface area (Å²) in [4.78, 5) is 23.1. The van der Waals surface area contributed by atoms with E-state index in [0.717, 1.165) is 6.42 Å². The number of furan rings is 1. The maximum Gasteiger partial charge on any atom is 0.254 e. The number of aliphatic hydroxyl groups is 1. The molecule has 0 radical (unpaired) electrons. The van der Waals surface area contributed by atoms with Crippen LogP contribution in [0, 0.1) is 0 Å². The maximum atomic E-state index is 11.5. The van der Waals surface area contributed by atoms with Gasteiger partial charge in [-0.2, -0.15) is 0 Å². The van der Waals surface area contributed by atoms with Crippen molar-refractivity contribution in [2.45, 2.75) is 32.2 Å². The average molecular weight is 268 g/mol. The molecule has 1 heterocycles. The molecule has 1 rings (SSSR count). The highest BCUT2D eigenvalue weighted by molar-refractivity contribution is 5.94. The second-order valence-electron chi connectivity index (χ2n) is 4.35. The van der Waals surface area contributed by atoms with Crippen LogP contribution < -0.4 is 10.6 Å². The first-order valence-electron chi connectivity index (χ1n) is 6.34. The van der Waals surface area contributed by atoms with Gasteiger partial charge < -0.3 is 20.2 Å². The van der Waals surface area contributed by atoms with Crippen molar-refractivity contribution < 1.29 is 19.1 Å². The summed E-state index contributed by atoms with van der Waals surface area (Å²) in [6.45, 7) is 2.29. The molecule has 106 valence electrons. The predicted octanol–water partition coefficient (Wildman–Crippen LogP) is 0.677. The lowest BCUT2D eigenvalue weighted by molar-refractivity contribution is -0.121. The third-order valence-corrected chi connectivity index (χ3v) is 2.62. The molecule has 0 aliphatic carbocycles. The highest BCUT2D eigenvalue weighted by Gasteiger charge is 2.09. The van der Waals surface area contributed by atoms with E-state index in [4.69, 9.17) is 9.52 Å². The summed E-state index contributed by atoms with van der Waals surface area (Å²) >= 11 is 0. The van der Waals surface area contributed by atoms with Gasteiger partial charge in [0.2, 0.25) is 5.91 Å². The summed E-state index contributed by atoms with van der Waals surface area (Å²) in [6.07, 6.45) is 4.41. The van der Waals surface area contributed by atoms with Crippen molar-refractivity contribution in [2.24, 2.45) is 0 Å². The molecule has 1 aromatic rings. The Bertz CT molecular complexity index is 389. The van der Waals surface area contributed by atoms with Crippen molar-refractivity contribution in [1.82, 2.24) is 10.6 Å². The number of nitrogens with one attached hydrogen (secondary N) is 2. The monoisotopic (exact) mass is 268 g/mol. The Morgan fingerprint density at radius 1 is 1.47 bits per heavy atom. The van der Waals surface area contributed by atoms with Gasteiger partial charge in [-0.1, -0.05) is 0 Å². The fraction of sp³-hybridized carbons (Fsp3) is 0.538. The van der Waals surface area contributed by atoms with Crippen molar-refractivity contribution in [1.29, 1.82) is 0 Å². The highest BCUT2D eigenvalue weighted by Crippen LogP contribution is 1.99. The summed E-state index contributed by atoms with van der Waals surface area (Å²) in [7, 11) is 0. The van der Waals surface area contributed by atoms with Gasteiger partial charge in [0.25, 0.3) is 5.91 Å². The van der Waals surface area contributed by atoms with Crippen LogP contribution in [0.3, 0.4) is 0 Å². The van der Waals surface area contributed by atoms with Gasteiger partial charge in [-0.05, 0) is 25.8 Å². The van der Waals surface area contributed by atoms with Crippen LogP contribution in [0.25, 0.3) is 0 Å². The van der Waals surface area contributed by atoms with Gasteiger partial charge in [0.05, 0.1) is 11.8 Å². The van der Waals surface area contributed by atoms with Gasteiger partial charge in [0.15, 0.2) is 0 Å². The van der Waals surface area contributed by atoms with Gasteiger partial charge in [-0.15, -0.1) is 0 Å². The quantitative estimate of drug-likeness (QED) is 0.646. The number of hydrogen-bond donors (Lipinski definition) is 3. The summed E-state index contributed by atoms with van der Waals surface area (Å²) in [5.74, 6) is -0.368. The van der Waals surface area contributed by atoms with Gasteiger partial charge in [-0.3, -0.25) is 9.59 Å². The number of hydrogen-bond acceptors (Lipinski definition) is 4. The van der Waals surface area contributed by atoms with Crippen LogP contribution >= 0.6 is 0 Å². The standard InChI is InChI=1S/C13H20N2O4/c1-10(3-2-7-16)15-12(17)4-6-14-13(18)11-5-8-19-9-11/h5,8-10,16H,2-4,6-7H2,1H3,(H,14,18)(H,15,17). The SMILES string of the molecule is CC(CCCO)NC(=O)CCNC(=O)c1ccoc1. The van der Waals surface area contributed by atoms with Gasteiger partial charge in [0.1, 0.15) is 6.26 Å². The molecule has 0 spiro atoms. The van der Waals surface area contributed by atoms with Crippen molar-refractivity contribution in [3.63, 3.8) is 0 Å². The molecule has 6 heteroatoms. The molecular weight excluding hydrogens is 248 g/mol. The molecule has 3 N–H and O–H groups in total. The van der Waals surface area contributed by atoms with Crippen LogP contribution in [0.15, 0.2) is 23.0 Å².